The lowest BCUT2D eigenvalue weighted by Crippen LogP contribution is -2.13. The predicted octanol–water partition coefficient (Wildman–Crippen LogP) is 7.40. The Bertz CT molecular complexity index is 1350. The van der Waals surface area contributed by atoms with Gasteiger partial charge in [0.15, 0.2) is 0 Å². The van der Waals surface area contributed by atoms with E-state index < -0.39 is 0 Å². The summed E-state index contributed by atoms with van der Waals surface area (Å²) in [5.74, 6) is 0.771. The fourth-order valence-electron chi connectivity index (χ4n) is 4.56. The van der Waals surface area contributed by atoms with Crippen molar-refractivity contribution in [3.05, 3.63) is 101 Å². The van der Waals surface area contributed by atoms with Crippen LogP contribution in [-0.4, -0.2) is 31.2 Å². The SMILES string of the molecule is CCOC(=O)c1ccc(-c2cc(C(C)C)c(C)cc2OCc2ccccc2)n1-c1ccc(N(C)C)cc1. The molecule has 0 spiro atoms. The number of nitrogens with zero attached hydrogens (tertiary/aromatic N) is 2. The second-order valence-electron chi connectivity index (χ2n) is 9.70. The van der Waals surface area contributed by atoms with Crippen molar-refractivity contribution in [1.82, 2.24) is 4.57 Å². The van der Waals surface area contributed by atoms with E-state index in [4.69, 9.17) is 9.47 Å². The standard InChI is InChI=1S/C32H36N2O3/c1-7-36-32(35)30-18-17-29(34(30)26-15-13-25(14-16-26)33(5)6)28-20-27(22(2)3)23(4)19-31(28)37-21-24-11-9-8-10-12-24/h8-20,22H,7,21H2,1-6H3. The first-order valence-corrected chi connectivity index (χ1v) is 12.8. The van der Waals surface area contributed by atoms with Crippen LogP contribution in [0.15, 0.2) is 78.9 Å². The van der Waals surface area contributed by atoms with Gasteiger partial charge in [-0.2, -0.15) is 0 Å². The molecule has 0 saturated carbocycles. The molecular weight excluding hydrogens is 460 g/mol. The maximum absolute atomic E-state index is 13.0. The van der Waals surface area contributed by atoms with Crippen LogP contribution in [0.2, 0.25) is 0 Å². The third kappa shape index (κ3) is 5.72. The van der Waals surface area contributed by atoms with E-state index in [2.05, 4.69) is 62.1 Å². The van der Waals surface area contributed by atoms with Gasteiger partial charge in [-0.25, -0.2) is 4.79 Å². The molecule has 192 valence electrons. The summed E-state index contributed by atoms with van der Waals surface area (Å²) in [4.78, 5) is 15.1. The first-order chi connectivity index (χ1) is 17.8. The summed E-state index contributed by atoms with van der Waals surface area (Å²) in [6, 6.07) is 26.5. The zero-order valence-corrected chi connectivity index (χ0v) is 22.6. The van der Waals surface area contributed by atoms with Crippen LogP contribution in [0.25, 0.3) is 16.9 Å². The molecule has 0 aliphatic carbocycles. The van der Waals surface area contributed by atoms with Crippen LogP contribution in [0, 0.1) is 6.92 Å². The van der Waals surface area contributed by atoms with E-state index in [-0.39, 0.29) is 5.97 Å². The van der Waals surface area contributed by atoms with Crippen LogP contribution < -0.4 is 9.64 Å². The Morgan fingerprint density at radius 2 is 1.65 bits per heavy atom. The third-order valence-electron chi connectivity index (χ3n) is 6.49. The molecule has 37 heavy (non-hydrogen) atoms. The van der Waals surface area contributed by atoms with Gasteiger partial charge in [-0.15, -0.1) is 0 Å². The van der Waals surface area contributed by atoms with Crippen molar-refractivity contribution >= 4 is 11.7 Å². The molecule has 0 radical (unpaired) electrons. The van der Waals surface area contributed by atoms with Crippen molar-refractivity contribution in [1.29, 1.82) is 0 Å². The number of hydrogen-bond acceptors (Lipinski definition) is 4. The Hall–Kier alpha value is -3.99. The molecule has 1 heterocycles. The zero-order valence-electron chi connectivity index (χ0n) is 22.6. The van der Waals surface area contributed by atoms with Crippen molar-refractivity contribution in [3.8, 4) is 22.7 Å². The molecule has 1 aromatic heterocycles. The Labute approximate surface area is 220 Å². The molecule has 0 fully saturated rings. The molecule has 4 aromatic rings. The molecule has 5 heteroatoms. The molecule has 0 atom stereocenters. The summed E-state index contributed by atoms with van der Waals surface area (Å²) >= 11 is 0. The number of benzene rings is 3. The number of ether oxygens (including phenoxy) is 2. The lowest BCUT2D eigenvalue weighted by atomic mass is 9.94. The smallest absolute Gasteiger partial charge is 0.355 e. The van der Waals surface area contributed by atoms with Gasteiger partial charge in [0.1, 0.15) is 18.1 Å². The summed E-state index contributed by atoms with van der Waals surface area (Å²) in [6.07, 6.45) is 0. The molecule has 0 N–H and O–H groups in total. The van der Waals surface area contributed by atoms with Crippen LogP contribution in [0.3, 0.4) is 0 Å². The number of aromatic nitrogens is 1. The van der Waals surface area contributed by atoms with E-state index in [0.29, 0.717) is 24.8 Å². The second-order valence-corrected chi connectivity index (χ2v) is 9.70. The molecule has 0 aliphatic rings. The maximum Gasteiger partial charge on any atom is 0.355 e. The highest BCUT2D eigenvalue weighted by Gasteiger charge is 2.22. The minimum Gasteiger partial charge on any atom is -0.488 e. The first-order valence-electron chi connectivity index (χ1n) is 12.8. The first kappa shape index (κ1) is 26.1. The van der Waals surface area contributed by atoms with Gasteiger partial charge < -0.3 is 18.9 Å². The van der Waals surface area contributed by atoms with Gasteiger partial charge in [0, 0.05) is 31.0 Å². The average molecular weight is 497 g/mol. The Balaban J connectivity index is 1.89. The summed E-state index contributed by atoms with van der Waals surface area (Å²) in [5.41, 5.74) is 7.80. The number of carbonyl (C=O) groups excluding carboxylic acids is 1. The minimum atomic E-state index is -0.353. The van der Waals surface area contributed by atoms with Crippen molar-refractivity contribution in [2.45, 2.75) is 40.2 Å². The maximum atomic E-state index is 13.0. The van der Waals surface area contributed by atoms with Gasteiger partial charge in [-0.1, -0.05) is 44.2 Å². The van der Waals surface area contributed by atoms with E-state index in [1.54, 1.807) is 0 Å². The molecule has 0 saturated heterocycles. The quantitative estimate of drug-likeness (QED) is 0.227. The van der Waals surface area contributed by atoms with Gasteiger partial charge in [-0.05, 0) is 85.0 Å². The van der Waals surface area contributed by atoms with Gasteiger partial charge in [-0.3, -0.25) is 0 Å². The van der Waals surface area contributed by atoms with Crippen LogP contribution in [0.5, 0.6) is 5.75 Å². The number of hydrogen-bond donors (Lipinski definition) is 0. The monoisotopic (exact) mass is 496 g/mol. The van der Waals surface area contributed by atoms with Crippen LogP contribution in [0.1, 0.15) is 53.9 Å². The topological polar surface area (TPSA) is 43.7 Å². The van der Waals surface area contributed by atoms with Gasteiger partial charge in [0.2, 0.25) is 0 Å². The highest BCUT2D eigenvalue weighted by atomic mass is 16.5. The number of anilines is 1. The highest BCUT2D eigenvalue weighted by Crippen LogP contribution is 2.38. The van der Waals surface area contributed by atoms with Gasteiger partial charge in [0.05, 0.1) is 12.3 Å². The lowest BCUT2D eigenvalue weighted by Gasteiger charge is -2.20. The normalized spacial score (nSPS) is 11.0. The van der Waals surface area contributed by atoms with Crippen LogP contribution in [-0.2, 0) is 11.3 Å². The molecule has 0 amide bonds. The fourth-order valence-corrected chi connectivity index (χ4v) is 4.56. The van der Waals surface area contributed by atoms with Crippen molar-refractivity contribution in [2.75, 3.05) is 25.6 Å². The molecule has 0 unspecified atom stereocenters. The molecule has 5 nitrogen and oxygen atoms in total. The van der Waals surface area contributed by atoms with E-state index in [1.165, 1.54) is 11.1 Å². The minimum absolute atomic E-state index is 0.312. The molecule has 3 aromatic carbocycles. The highest BCUT2D eigenvalue weighted by molar-refractivity contribution is 5.91. The van der Waals surface area contributed by atoms with Gasteiger partial charge in [0.25, 0.3) is 0 Å². The third-order valence-corrected chi connectivity index (χ3v) is 6.49. The Kier molecular flexibility index (Phi) is 8.02. The summed E-state index contributed by atoms with van der Waals surface area (Å²) in [5, 5.41) is 0. The Morgan fingerprint density at radius 1 is 0.946 bits per heavy atom. The van der Waals surface area contributed by atoms with E-state index >= 15 is 0 Å². The molecule has 0 aliphatic heterocycles. The largest absolute Gasteiger partial charge is 0.488 e. The number of aryl methyl sites for hydroxylation is 1. The average Bonchev–Trinajstić information content (AvgIpc) is 3.33. The van der Waals surface area contributed by atoms with E-state index in [0.717, 1.165) is 33.9 Å². The van der Waals surface area contributed by atoms with Gasteiger partial charge >= 0.3 is 5.97 Å². The summed E-state index contributed by atoms with van der Waals surface area (Å²) in [6.45, 7) is 9.10. The van der Waals surface area contributed by atoms with E-state index in [1.807, 2.05) is 68.1 Å². The van der Waals surface area contributed by atoms with E-state index in [9.17, 15) is 4.79 Å². The summed E-state index contributed by atoms with van der Waals surface area (Å²) < 4.78 is 13.8. The lowest BCUT2D eigenvalue weighted by molar-refractivity contribution is 0.0517. The summed E-state index contributed by atoms with van der Waals surface area (Å²) in [7, 11) is 4.02. The van der Waals surface area contributed by atoms with Crippen molar-refractivity contribution in [2.24, 2.45) is 0 Å². The fraction of sp³-hybridized carbons (Fsp3) is 0.281. The van der Waals surface area contributed by atoms with Crippen molar-refractivity contribution in [3.63, 3.8) is 0 Å². The number of carbonyl (C=O) groups is 1. The van der Waals surface area contributed by atoms with Crippen LogP contribution in [0.4, 0.5) is 5.69 Å². The molecule has 4 rings (SSSR count). The number of rotatable bonds is 9. The van der Waals surface area contributed by atoms with Crippen LogP contribution >= 0.6 is 0 Å². The number of esters is 1. The second kappa shape index (κ2) is 11.4. The Morgan fingerprint density at radius 3 is 2.27 bits per heavy atom. The zero-order chi connectivity index (χ0) is 26.5. The molecular formula is C32H36N2O3. The molecule has 0 bridgehead atoms. The predicted molar refractivity (Wildman–Crippen MR) is 151 cm³/mol. The van der Waals surface area contributed by atoms with Crippen molar-refractivity contribution < 1.29 is 14.3 Å².